The fourth-order valence-electron chi connectivity index (χ4n) is 0.964. The molecule has 0 atom stereocenters. The lowest BCUT2D eigenvalue weighted by molar-refractivity contribution is 0.147. The average Bonchev–Trinajstić information content (AvgIpc) is 2.21. The molecule has 0 bridgehead atoms. The van der Waals surface area contributed by atoms with E-state index >= 15 is 0 Å². The Bertz CT molecular complexity index is 249. The number of hydrogen-bond acceptors (Lipinski definition) is 5. The van der Waals surface area contributed by atoms with Gasteiger partial charge in [-0.2, -0.15) is 0 Å². The van der Waals surface area contributed by atoms with Gasteiger partial charge in [-0.15, -0.1) is 0 Å². The number of aromatic nitrogens is 2. The second-order valence-electron chi connectivity index (χ2n) is 2.80. The molecular weight excluding hydrogens is 180 g/mol. The molecule has 0 aliphatic rings. The summed E-state index contributed by atoms with van der Waals surface area (Å²) in [6.07, 6.45) is 4.11. The van der Waals surface area contributed by atoms with Gasteiger partial charge in [-0.25, -0.2) is 9.97 Å². The van der Waals surface area contributed by atoms with Crippen molar-refractivity contribution in [1.29, 1.82) is 0 Å². The molecule has 1 heterocycles. The minimum absolute atomic E-state index is 0.435. The topological polar surface area (TPSA) is 73.1 Å². The Labute approximate surface area is 83.7 Å². The maximum atomic E-state index is 5.40. The van der Waals surface area contributed by atoms with E-state index in [1.165, 1.54) is 6.20 Å². The molecule has 0 amide bonds. The van der Waals surface area contributed by atoms with Crippen LogP contribution in [-0.4, -0.2) is 29.7 Å². The van der Waals surface area contributed by atoms with Gasteiger partial charge >= 0.3 is 0 Å². The van der Waals surface area contributed by atoms with Crippen molar-refractivity contribution in [2.24, 2.45) is 0 Å². The summed E-state index contributed by atoms with van der Waals surface area (Å²) in [7, 11) is 0. The first-order valence-electron chi connectivity index (χ1n) is 4.72. The lowest BCUT2D eigenvalue weighted by Gasteiger charge is -2.04. The highest BCUT2D eigenvalue weighted by Crippen LogP contribution is 2.01. The van der Waals surface area contributed by atoms with Crippen LogP contribution in [0.15, 0.2) is 12.4 Å². The zero-order valence-electron chi connectivity index (χ0n) is 8.36. The quantitative estimate of drug-likeness (QED) is 0.661. The number of nitrogens with two attached hydrogens (primary N) is 1. The molecule has 0 aliphatic heterocycles. The SMILES string of the molecule is CCOCCCNc1cnc(N)cn1. The van der Waals surface area contributed by atoms with Gasteiger partial charge in [-0.1, -0.05) is 0 Å². The average molecular weight is 196 g/mol. The van der Waals surface area contributed by atoms with E-state index in [0.717, 1.165) is 32.0 Å². The second kappa shape index (κ2) is 6.15. The van der Waals surface area contributed by atoms with Gasteiger partial charge in [-0.3, -0.25) is 0 Å². The molecule has 0 unspecified atom stereocenters. The van der Waals surface area contributed by atoms with Crippen LogP contribution in [0.5, 0.6) is 0 Å². The van der Waals surface area contributed by atoms with Crippen molar-refractivity contribution in [3.05, 3.63) is 12.4 Å². The van der Waals surface area contributed by atoms with Crippen molar-refractivity contribution in [3.8, 4) is 0 Å². The summed E-state index contributed by atoms with van der Waals surface area (Å²) in [6, 6.07) is 0. The zero-order chi connectivity index (χ0) is 10.2. The summed E-state index contributed by atoms with van der Waals surface area (Å²) in [5.74, 6) is 1.18. The molecule has 0 aliphatic carbocycles. The Kier molecular flexibility index (Phi) is 4.71. The van der Waals surface area contributed by atoms with Crippen LogP contribution in [0.25, 0.3) is 0 Å². The normalized spacial score (nSPS) is 10.1. The number of rotatable bonds is 6. The van der Waals surface area contributed by atoms with Crippen molar-refractivity contribution < 1.29 is 4.74 Å². The fourth-order valence-corrected chi connectivity index (χ4v) is 0.964. The van der Waals surface area contributed by atoms with Gasteiger partial charge in [0.05, 0.1) is 12.4 Å². The first-order chi connectivity index (χ1) is 6.83. The summed E-state index contributed by atoms with van der Waals surface area (Å²) < 4.78 is 5.19. The van der Waals surface area contributed by atoms with Crippen molar-refractivity contribution in [2.75, 3.05) is 30.8 Å². The van der Waals surface area contributed by atoms with Crippen LogP contribution in [-0.2, 0) is 4.74 Å². The van der Waals surface area contributed by atoms with Crippen LogP contribution in [0, 0.1) is 0 Å². The second-order valence-corrected chi connectivity index (χ2v) is 2.80. The zero-order valence-corrected chi connectivity index (χ0v) is 8.36. The maximum Gasteiger partial charge on any atom is 0.144 e. The predicted molar refractivity (Wildman–Crippen MR) is 56.0 cm³/mol. The van der Waals surface area contributed by atoms with Gasteiger partial charge in [0.1, 0.15) is 11.6 Å². The van der Waals surface area contributed by atoms with Crippen molar-refractivity contribution >= 4 is 11.6 Å². The molecule has 1 aromatic heterocycles. The molecule has 78 valence electrons. The van der Waals surface area contributed by atoms with E-state index in [1.54, 1.807) is 6.20 Å². The lowest BCUT2D eigenvalue weighted by Crippen LogP contribution is -2.07. The highest BCUT2D eigenvalue weighted by molar-refractivity contribution is 5.35. The van der Waals surface area contributed by atoms with Gasteiger partial charge < -0.3 is 15.8 Å². The molecule has 0 radical (unpaired) electrons. The third kappa shape index (κ3) is 4.04. The van der Waals surface area contributed by atoms with E-state index in [2.05, 4.69) is 15.3 Å². The van der Waals surface area contributed by atoms with Crippen molar-refractivity contribution in [2.45, 2.75) is 13.3 Å². The van der Waals surface area contributed by atoms with E-state index in [-0.39, 0.29) is 0 Å². The van der Waals surface area contributed by atoms with E-state index in [0.29, 0.717) is 5.82 Å². The van der Waals surface area contributed by atoms with Gasteiger partial charge in [0.2, 0.25) is 0 Å². The number of nitrogens with zero attached hydrogens (tertiary/aromatic N) is 2. The van der Waals surface area contributed by atoms with Gasteiger partial charge in [-0.05, 0) is 13.3 Å². The van der Waals surface area contributed by atoms with Crippen LogP contribution in [0.4, 0.5) is 11.6 Å². The Morgan fingerprint density at radius 1 is 1.43 bits per heavy atom. The Morgan fingerprint density at radius 2 is 2.29 bits per heavy atom. The number of anilines is 2. The Balaban J connectivity index is 2.15. The summed E-state index contributed by atoms with van der Waals surface area (Å²) in [5.41, 5.74) is 5.40. The van der Waals surface area contributed by atoms with Crippen LogP contribution in [0.3, 0.4) is 0 Å². The predicted octanol–water partition coefficient (Wildman–Crippen LogP) is 0.897. The van der Waals surface area contributed by atoms with E-state index < -0.39 is 0 Å². The van der Waals surface area contributed by atoms with E-state index in [9.17, 15) is 0 Å². The molecule has 14 heavy (non-hydrogen) atoms. The van der Waals surface area contributed by atoms with E-state index in [1.807, 2.05) is 6.92 Å². The molecule has 1 aromatic rings. The maximum absolute atomic E-state index is 5.40. The third-order valence-corrected chi connectivity index (χ3v) is 1.65. The highest BCUT2D eigenvalue weighted by atomic mass is 16.5. The van der Waals surface area contributed by atoms with Gasteiger partial charge in [0.25, 0.3) is 0 Å². The Morgan fingerprint density at radius 3 is 2.93 bits per heavy atom. The fraction of sp³-hybridized carbons (Fsp3) is 0.556. The molecule has 5 nitrogen and oxygen atoms in total. The smallest absolute Gasteiger partial charge is 0.144 e. The highest BCUT2D eigenvalue weighted by Gasteiger charge is 1.93. The van der Waals surface area contributed by atoms with Crippen LogP contribution in [0.1, 0.15) is 13.3 Å². The van der Waals surface area contributed by atoms with Crippen molar-refractivity contribution in [1.82, 2.24) is 9.97 Å². The van der Waals surface area contributed by atoms with Crippen LogP contribution < -0.4 is 11.1 Å². The molecule has 5 heteroatoms. The summed E-state index contributed by atoms with van der Waals surface area (Å²) in [6.45, 7) is 4.35. The van der Waals surface area contributed by atoms with Crippen LogP contribution in [0.2, 0.25) is 0 Å². The lowest BCUT2D eigenvalue weighted by atomic mass is 10.4. The van der Waals surface area contributed by atoms with E-state index in [4.69, 9.17) is 10.5 Å². The summed E-state index contributed by atoms with van der Waals surface area (Å²) >= 11 is 0. The van der Waals surface area contributed by atoms with Crippen LogP contribution >= 0.6 is 0 Å². The minimum Gasteiger partial charge on any atom is -0.382 e. The molecular formula is C9H16N4O. The Hall–Kier alpha value is -1.36. The number of ether oxygens (including phenoxy) is 1. The minimum atomic E-state index is 0.435. The first-order valence-corrected chi connectivity index (χ1v) is 4.72. The molecule has 3 N–H and O–H groups in total. The number of hydrogen-bond donors (Lipinski definition) is 2. The molecule has 0 spiro atoms. The molecule has 0 saturated heterocycles. The van der Waals surface area contributed by atoms with Gasteiger partial charge in [0.15, 0.2) is 0 Å². The molecule has 0 fully saturated rings. The van der Waals surface area contributed by atoms with Crippen molar-refractivity contribution in [3.63, 3.8) is 0 Å². The standard InChI is InChI=1S/C9H16N4O/c1-2-14-5-3-4-11-9-7-12-8(10)6-13-9/h6-7H,2-5H2,1H3,(H2,10,12)(H,11,13). The largest absolute Gasteiger partial charge is 0.382 e. The monoisotopic (exact) mass is 196 g/mol. The molecule has 1 rings (SSSR count). The molecule has 0 aromatic carbocycles. The first kappa shape index (κ1) is 10.7. The van der Waals surface area contributed by atoms with Gasteiger partial charge in [0, 0.05) is 19.8 Å². The third-order valence-electron chi connectivity index (χ3n) is 1.65. The molecule has 0 saturated carbocycles. The summed E-state index contributed by atoms with van der Waals surface area (Å²) in [4.78, 5) is 7.97. The summed E-state index contributed by atoms with van der Waals surface area (Å²) in [5, 5.41) is 3.12. The number of nitrogen functional groups attached to an aromatic ring is 1. The number of nitrogens with one attached hydrogen (secondary N) is 1.